The van der Waals surface area contributed by atoms with Gasteiger partial charge in [0, 0.05) is 12.3 Å². The highest BCUT2D eigenvalue weighted by molar-refractivity contribution is 5.99. The molecule has 2 rings (SSSR count). The summed E-state index contributed by atoms with van der Waals surface area (Å²) in [5.74, 6) is -0.0527. The van der Waals surface area contributed by atoms with Gasteiger partial charge in [0.15, 0.2) is 0 Å². The van der Waals surface area contributed by atoms with Gasteiger partial charge >= 0.3 is 0 Å². The molecule has 0 aromatic rings. The van der Waals surface area contributed by atoms with Gasteiger partial charge in [0.2, 0.25) is 11.8 Å². The fraction of sp³-hybridized carbons (Fsp3) is 0.800. The molecule has 1 saturated carbocycles. The van der Waals surface area contributed by atoms with Crippen LogP contribution in [0, 0.1) is 11.3 Å². The monoisotopic (exact) mass is 181 g/mol. The second-order valence-electron chi connectivity index (χ2n) is 4.54. The first-order chi connectivity index (χ1) is 6.12. The molecule has 2 aliphatic rings. The van der Waals surface area contributed by atoms with Gasteiger partial charge in [-0.1, -0.05) is 19.8 Å². The molecule has 0 bridgehead atoms. The van der Waals surface area contributed by atoms with Gasteiger partial charge in [0.05, 0.1) is 0 Å². The predicted molar refractivity (Wildman–Crippen MR) is 47.8 cm³/mol. The molecule has 1 saturated heterocycles. The van der Waals surface area contributed by atoms with Crippen LogP contribution >= 0.6 is 0 Å². The van der Waals surface area contributed by atoms with Gasteiger partial charge in [0.25, 0.3) is 0 Å². The van der Waals surface area contributed by atoms with Gasteiger partial charge < -0.3 is 0 Å². The maximum Gasteiger partial charge on any atom is 0.230 e. The number of hydrogen-bond acceptors (Lipinski definition) is 2. The van der Waals surface area contributed by atoms with Crippen LogP contribution in [0.25, 0.3) is 0 Å². The summed E-state index contributed by atoms with van der Waals surface area (Å²) in [7, 11) is 0. The standard InChI is InChI=1S/C10H15NO2/c1-10-5-3-2-4-7(10)9(13)11-8(12)6-10/h7H,2-6H2,1H3,(H,11,12,13). The summed E-state index contributed by atoms with van der Waals surface area (Å²) in [6.45, 7) is 2.08. The van der Waals surface area contributed by atoms with E-state index in [1.165, 1.54) is 0 Å². The van der Waals surface area contributed by atoms with Crippen molar-refractivity contribution in [3.8, 4) is 0 Å². The van der Waals surface area contributed by atoms with Crippen molar-refractivity contribution in [1.82, 2.24) is 5.32 Å². The Morgan fingerprint density at radius 3 is 2.92 bits per heavy atom. The van der Waals surface area contributed by atoms with Crippen molar-refractivity contribution in [2.75, 3.05) is 0 Å². The molecule has 3 heteroatoms. The summed E-state index contributed by atoms with van der Waals surface area (Å²) >= 11 is 0. The van der Waals surface area contributed by atoms with Crippen LogP contribution in [-0.2, 0) is 9.59 Å². The van der Waals surface area contributed by atoms with E-state index >= 15 is 0 Å². The van der Waals surface area contributed by atoms with E-state index < -0.39 is 0 Å². The molecule has 0 spiro atoms. The number of carbonyl (C=O) groups is 2. The van der Waals surface area contributed by atoms with Gasteiger partial charge in [-0.2, -0.15) is 0 Å². The van der Waals surface area contributed by atoms with Crippen LogP contribution in [0.5, 0.6) is 0 Å². The number of rotatable bonds is 0. The number of hydrogen-bond donors (Lipinski definition) is 1. The second kappa shape index (κ2) is 2.82. The third kappa shape index (κ3) is 1.36. The fourth-order valence-corrected chi connectivity index (χ4v) is 2.69. The Kier molecular flexibility index (Phi) is 1.90. The number of carbonyl (C=O) groups excluding carboxylic acids is 2. The number of amides is 2. The van der Waals surface area contributed by atoms with Gasteiger partial charge in [-0.05, 0) is 18.3 Å². The molecule has 1 aliphatic heterocycles. The highest BCUT2D eigenvalue weighted by atomic mass is 16.2. The van der Waals surface area contributed by atoms with Crippen molar-refractivity contribution in [2.45, 2.75) is 39.0 Å². The lowest BCUT2D eigenvalue weighted by Gasteiger charge is -2.43. The van der Waals surface area contributed by atoms with E-state index in [0.29, 0.717) is 6.42 Å². The molecule has 1 N–H and O–H groups in total. The largest absolute Gasteiger partial charge is 0.296 e. The maximum absolute atomic E-state index is 11.5. The first kappa shape index (κ1) is 8.73. The van der Waals surface area contributed by atoms with Crippen LogP contribution in [0.2, 0.25) is 0 Å². The Labute approximate surface area is 77.9 Å². The van der Waals surface area contributed by atoms with Crippen LogP contribution in [0.3, 0.4) is 0 Å². The minimum atomic E-state index is -0.0920. The van der Waals surface area contributed by atoms with Gasteiger partial charge in [0.1, 0.15) is 0 Å². The Morgan fingerprint density at radius 1 is 1.38 bits per heavy atom. The molecule has 1 aliphatic carbocycles. The van der Waals surface area contributed by atoms with Crippen LogP contribution in [0.15, 0.2) is 0 Å². The molecule has 0 aromatic carbocycles. The first-order valence-corrected chi connectivity index (χ1v) is 4.95. The fourth-order valence-electron chi connectivity index (χ4n) is 2.69. The van der Waals surface area contributed by atoms with Crippen molar-refractivity contribution in [2.24, 2.45) is 11.3 Å². The van der Waals surface area contributed by atoms with Gasteiger partial charge in [-0.15, -0.1) is 0 Å². The van der Waals surface area contributed by atoms with Crippen molar-refractivity contribution in [3.63, 3.8) is 0 Å². The summed E-state index contributed by atoms with van der Waals surface area (Å²) in [6, 6.07) is 0. The summed E-state index contributed by atoms with van der Waals surface area (Å²) in [5, 5.41) is 2.43. The molecule has 13 heavy (non-hydrogen) atoms. The second-order valence-corrected chi connectivity index (χ2v) is 4.54. The zero-order valence-electron chi connectivity index (χ0n) is 7.93. The highest BCUT2D eigenvalue weighted by Gasteiger charge is 2.45. The van der Waals surface area contributed by atoms with Crippen molar-refractivity contribution in [1.29, 1.82) is 0 Å². The first-order valence-electron chi connectivity index (χ1n) is 4.95. The molecule has 2 atom stereocenters. The zero-order chi connectivity index (χ0) is 9.47. The topological polar surface area (TPSA) is 46.2 Å². The number of fused-ring (bicyclic) bond motifs is 1. The molecular formula is C10H15NO2. The number of imide groups is 1. The Balaban J connectivity index is 2.24. The van der Waals surface area contributed by atoms with Crippen molar-refractivity contribution in [3.05, 3.63) is 0 Å². The molecule has 2 unspecified atom stereocenters. The summed E-state index contributed by atoms with van der Waals surface area (Å²) in [4.78, 5) is 22.7. The van der Waals surface area contributed by atoms with Crippen molar-refractivity contribution < 1.29 is 9.59 Å². The predicted octanol–water partition coefficient (Wildman–Crippen LogP) is 1.23. The van der Waals surface area contributed by atoms with Crippen molar-refractivity contribution >= 4 is 11.8 Å². The number of piperidine rings is 1. The summed E-state index contributed by atoms with van der Waals surface area (Å²) < 4.78 is 0. The third-order valence-corrected chi connectivity index (χ3v) is 3.48. The average Bonchev–Trinajstić information content (AvgIpc) is 2.01. The zero-order valence-corrected chi connectivity index (χ0v) is 7.93. The van der Waals surface area contributed by atoms with E-state index in [-0.39, 0.29) is 23.1 Å². The average molecular weight is 181 g/mol. The van der Waals surface area contributed by atoms with Gasteiger partial charge in [-0.3, -0.25) is 14.9 Å². The van der Waals surface area contributed by atoms with Gasteiger partial charge in [-0.25, -0.2) is 0 Å². The molecule has 72 valence electrons. The molecule has 0 aromatic heterocycles. The molecule has 2 amide bonds. The third-order valence-electron chi connectivity index (χ3n) is 3.48. The highest BCUT2D eigenvalue weighted by Crippen LogP contribution is 2.45. The number of nitrogens with one attached hydrogen (secondary N) is 1. The lowest BCUT2D eigenvalue weighted by atomic mass is 9.63. The Bertz CT molecular complexity index is 262. The minimum Gasteiger partial charge on any atom is -0.296 e. The Hall–Kier alpha value is -0.860. The maximum atomic E-state index is 11.5. The molecule has 1 heterocycles. The van der Waals surface area contributed by atoms with E-state index in [9.17, 15) is 9.59 Å². The summed E-state index contributed by atoms with van der Waals surface area (Å²) in [6.07, 6.45) is 4.80. The lowest BCUT2D eigenvalue weighted by molar-refractivity contribution is -0.145. The summed E-state index contributed by atoms with van der Waals surface area (Å²) in [5.41, 5.74) is -0.0440. The van der Waals surface area contributed by atoms with E-state index in [0.717, 1.165) is 25.7 Å². The van der Waals surface area contributed by atoms with E-state index in [1.807, 2.05) is 0 Å². The Morgan fingerprint density at radius 2 is 2.15 bits per heavy atom. The smallest absolute Gasteiger partial charge is 0.230 e. The van der Waals surface area contributed by atoms with Crippen LogP contribution in [0.4, 0.5) is 0 Å². The molecule has 3 nitrogen and oxygen atoms in total. The van der Waals surface area contributed by atoms with Crippen LogP contribution < -0.4 is 5.32 Å². The lowest BCUT2D eigenvalue weighted by Crippen LogP contribution is -2.52. The van der Waals surface area contributed by atoms with Crippen LogP contribution in [0.1, 0.15) is 39.0 Å². The van der Waals surface area contributed by atoms with E-state index in [2.05, 4.69) is 12.2 Å². The minimum absolute atomic E-state index is 0.0431. The van der Waals surface area contributed by atoms with Crippen LogP contribution in [-0.4, -0.2) is 11.8 Å². The quantitative estimate of drug-likeness (QED) is 0.571. The molecular weight excluding hydrogens is 166 g/mol. The molecule has 0 radical (unpaired) electrons. The van der Waals surface area contributed by atoms with E-state index in [4.69, 9.17) is 0 Å². The van der Waals surface area contributed by atoms with E-state index in [1.54, 1.807) is 0 Å². The normalized spacial score (nSPS) is 39.6. The molecule has 2 fully saturated rings. The SMILES string of the molecule is CC12CCCCC1C(=O)NC(=O)C2.